The first-order valence-electron chi connectivity index (χ1n) is 7.29. The van der Waals surface area contributed by atoms with Gasteiger partial charge in [0.15, 0.2) is 0 Å². The maximum absolute atomic E-state index is 5.68. The van der Waals surface area contributed by atoms with Crippen LogP contribution >= 0.6 is 0 Å². The number of anilines is 1. The maximum Gasteiger partial charge on any atom is 0.142 e. The molecule has 0 spiro atoms. The minimum absolute atomic E-state index is 0.119. The van der Waals surface area contributed by atoms with Crippen molar-refractivity contribution >= 4 is 5.69 Å². The highest BCUT2D eigenvalue weighted by atomic mass is 16.5. The van der Waals surface area contributed by atoms with Gasteiger partial charge in [0.2, 0.25) is 0 Å². The number of nitrogens with zero attached hydrogens (tertiary/aromatic N) is 2. The van der Waals surface area contributed by atoms with Crippen LogP contribution in [0.4, 0.5) is 5.69 Å². The van der Waals surface area contributed by atoms with Gasteiger partial charge in [-0.3, -0.25) is 4.68 Å². The molecule has 1 atom stereocenters. The fourth-order valence-electron chi connectivity index (χ4n) is 2.28. The first kappa shape index (κ1) is 15.2. The Labute approximate surface area is 125 Å². The normalized spacial score (nSPS) is 12.0. The molecule has 2 rings (SSSR count). The third-order valence-corrected chi connectivity index (χ3v) is 3.24. The summed E-state index contributed by atoms with van der Waals surface area (Å²) in [5.41, 5.74) is 2.04. The monoisotopic (exact) mass is 289 g/mol. The largest absolute Gasteiger partial charge is 0.494 e. The first-order chi connectivity index (χ1) is 10.2. The summed E-state index contributed by atoms with van der Waals surface area (Å²) in [5, 5.41) is 7.68. The lowest BCUT2D eigenvalue weighted by Gasteiger charge is -2.19. The molecule has 1 aromatic carbocycles. The van der Waals surface area contributed by atoms with Crippen molar-refractivity contribution < 1.29 is 9.47 Å². The maximum atomic E-state index is 5.68. The van der Waals surface area contributed by atoms with Crippen LogP contribution in [0.5, 0.6) is 11.5 Å². The second-order valence-corrected chi connectivity index (χ2v) is 4.77. The average molecular weight is 289 g/mol. The Morgan fingerprint density at radius 3 is 2.57 bits per heavy atom. The summed E-state index contributed by atoms with van der Waals surface area (Å²) in [5.74, 6) is 1.66. The van der Waals surface area contributed by atoms with Gasteiger partial charge in [-0.05, 0) is 39.0 Å². The van der Waals surface area contributed by atoms with E-state index in [4.69, 9.17) is 9.47 Å². The number of nitrogens with one attached hydrogen (secondary N) is 1. The van der Waals surface area contributed by atoms with Gasteiger partial charge in [-0.1, -0.05) is 0 Å². The molecular formula is C16H23N3O2. The molecule has 0 fully saturated rings. The van der Waals surface area contributed by atoms with Crippen molar-refractivity contribution in [3.05, 3.63) is 36.2 Å². The molecule has 0 radical (unpaired) electrons. The van der Waals surface area contributed by atoms with E-state index in [1.807, 2.05) is 49.8 Å². The van der Waals surface area contributed by atoms with Crippen molar-refractivity contribution in [1.29, 1.82) is 0 Å². The van der Waals surface area contributed by atoms with Gasteiger partial charge < -0.3 is 14.8 Å². The van der Waals surface area contributed by atoms with Gasteiger partial charge in [0.1, 0.15) is 11.5 Å². The molecule has 114 valence electrons. The van der Waals surface area contributed by atoms with E-state index in [0.29, 0.717) is 13.2 Å². The van der Waals surface area contributed by atoms with Crippen LogP contribution in [0, 0.1) is 0 Å². The molecule has 0 saturated carbocycles. The third kappa shape index (κ3) is 3.68. The van der Waals surface area contributed by atoms with Crippen molar-refractivity contribution in [2.45, 2.75) is 26.8 Å². The smallest absolute Gasteiger partial charge is 0.142 e. The van der Waals surface area contributed by atoms with E-state index in [-0.39, 0.29) is 6.04 Å². The van der Waals surface area contributed by atoms with Crippen LogP contribution < -0.4 is 14.8 Å². The molecular weight excluding hydrogens is 266 g/mol. The standard InChI is InChI=1S/C16H23N3O2/c1-5-20-13-7-8-16(21-6-2)14(11-13)18-12(3)15-9-10-17-19(15)4/h7-12,18H,5-6H2,1-4H3. The van der Waals surface area contributed by atoms with Crippen molar-refractivity contribution in [2.24, 2.45) is 7.05 Å². The Bertz CT molecular complexity index is 581. The van der Waals surface area contributed by atoms with E-state index >= 15 is 0 Å². The molecule has 0 amide bonds. The molecule has 1 aromatic heterocycles. The van der Waals surface area contributed by atoms with Gasteiger partial charge in [-0.15, -0.1) is 0 Å². The number of ether oxygens (including phenoxy) is 2. The summed E-state index contributed by atoms with van der Waals surface area (Å²) in [7, 11) is 1.94. The van der Waals surface area contributed by atoms with Crippen LogP contribution in [0.25, 0.3) is 0 Å². The molecule has 0 saturated heterocycles. The van der Waals surface area contributed by atoms with Crippen LogP contribution in [0.15, 0.2) is 30.5 Å². The summed E-state index contributed by atoms with van der Waals surface area (Å²) < 4.78 is 13.1. The summed E-state index contributed by atoms with van der Waals surface area (Å²) in [6.45, 7) is 7.32. The molecule has 1 unspecified atom stereocenters. The molecule has 2 aromatic rings. The van der Waals surface area contributed by atoms with Gasteiger partial charge in [-0.25, -0.2) is 0 Å². The summed E-state index contributed by atoms with van der Waals surface area (Å²) in [6, 6.07) is 7.96. The Kier molecular flexibility index (Phi) is 5.09. The fraction of sp³-hybridized carbons (Fsp3) is 0.438. The second kappa shape index (κ2) is 7.02. The lowest BCUT2D eigenvalue weighted by molar-refractivity contribution is 0.331. The predicted molar refractivity (Wildman–Crippen MR) is 84.0 cm³/mol. The molecule has 1 N–H and O–H groups in total. The van der Waals surface area contributed by atoms with Gasteiger partial charge in [0.25, 0.3) is 0 Å². The Morgan fingerprint density at radius 2 is 1.95 bits per heavy atom. The van der Waals surface area contributed by atoms with Crippen molar-refractivity contribution in [1.82, 2.24) is 9.78 Å². The van der Waals surface area contributed by atoms with Gasteiger partial charge in [0, 0.05) is 19.3 Å². The van der Waals surface area contributed by atoms with Crippen LogP contribution in [-0.4, -0.2) is 23.0 Å². The topological polar surface area (TPSA) is 48.3 Å². The second-order valence-electron chi connectivity index (χ2n) is 4.77. The number of aromatic nitrogens is 2. The summed E-state index contributed by atoms with van der Waals surface area (Å²) >= 11 is 0. The molecule has 0 aliphatic heterocycles. The lowest BCUT2D eigenvalue weighted by Crippen LogP contribution is -2.12. The number of aryl methyl sites for hydroxylation is 1. The average Bonchev–Trinajstić information content (AvgIpc) is 2.88. The Morgan fingerprint density at radius 1 is 1.19 bits per heavy atom. The van der Waals surface area contributed by atoms with E-state index in [1.54, 1.807) is 6.20 Å². The van der Waals surface area contributed by atoms with Crippen LogP contribution in [0.2, 0.25) is 0 Å². The Balaban J connectivity index is 2.23. The highest BCUT2D eigenvalue weighted by Gasteiger charge is 2.13. The van der Waals surface area contributed by atoms with Gasteiger partial charge >= 0.3 is 0 Å². The number of hydrogen-bond donors (Lipinski definition) is 1. The number of hydrogen-bond acceptors (Lipinski definition) is 4. The summed E-state index contributed by atoms with van der Waals surface area (Å²) in [4.78, 5) is 0. The molecule has 0 aliphatic rings. The zero-order chi connectivity index (χ0) is 15.2. The van der Waals surface area contributed by atoms with Crippen molar-refractivity contribution in [3.8, 4) is 11.5 Å². The van der Waals surface area contributed by atoms with Crippen LogP contribution in [-0.2, 0) is 7.05 Å². The zero-order valence-electron chi connectivity index (χ0n) is 13.1. The van der Waals surface area contributed by atoms with Crippen LogP contribution in [0.3, 0.4) is 0 Å². The quantitative estimate of drug-likeness (QED) is 0.848. The van der Waals surface area contributed by atoms with E-state index in [2.05, 4.69) is 17.3 Å². The number of benzene rings is 1. The fourth-order valence-corrected chi connectivity index (χ4v) is 2.28. The zero-order valence-corrected chi connectivity index (χ0v) is 13.1. The first-order valence-corrected chi connectivity index (χ1v) is 7.29. The SMILES string of the molecule is CCOc1ccc(OCC)c(NC(C)c2ccnn2C)c1. The molecule has 1 heterocycles. The molecule has 5 heteroatoms. The molecule has 5 nitrogen and oxygen atoms in total. The van der Waals surface area contributed by atoms with Crippen molar-refractivity contribution in [3.63, 3.8) is 0 Å². The molecule has 0 aliphatic carbocycles. The van der Waals surface area contributed by atoms with Crippen LogP contribution in [0.1, 0.15) is 32.5 Å². The van der Waals surface area contributed by atoms with E-state index < -0.39 is 0 Å². The minimum atomic E-state index is 0.119. The highest BCUT2D eigenvalue weighted by Crippen LogP contribution is 2.32. The Hall–Kier alpha value is -2.17. The molecule has 0 bridgehead atoms. The summed E-state index contributed by atoms with van der Waals surface area (Å²) in [6.07, 6.45) is 1.80. The van der Waals surface area contributed by atoms with E-state index in [1.165, 1.54) is 0 Å². The third-order valence-electron chi connectivity index (χ3n) is 3.24. The van der Waals surface area contributed by atoms with Crippen molar-refractivity contribution in [2.75, 3.05) is 18.5 Å². The molecule has 21 heavy (non-hydrogen) atoms. The number of rotatable bonds is 7. The van der Waals surface area contributed by atoms with Gasteiger partial charge in [0.05, 0.1) is 30.6 Å². The van der Waals surface area contributed by atoms with E-state index in [0.717, 1.165) is 22.9 Å². The minimum Gasteiger partial charge on any atom is -0.494 e. The van der Waals surface area contributed by atoms with E-state index in [9.17, 15) is 0 Å². The van der Waals surface area contributed by atoms with Gasteiger partial charge in [-0.2, -0.15) is 5.10 Å². The predicted octanol–water partition coefficient (Wildman–Crippen LogP) is 3.39. The lowest BCUT2D eigenvalue weighted by atomic mass is 10.2. The highest BCUT2D eigenvalue weighted by molar-refractivity contribution is 5.60.